The summed E-state index contributed by atoms with van der Waals surface area (Å²) >= 11 is 0. The normalized spacial score (nSPS) is 11.2. The van der Waals surface area contributed by atoms with Gasteiger partial charge in [0.1, 0.15) is 11.3 Å². The van der Waals surface area contributed by atoms with Gasteiger partial charge in [-0.1, -0.05) is 176 Å². The van der Waals surface area contributed by atoms with Crippen molar-refractivity contribution in [3.63, 3.8) is 0 Å². The third-order valence-corrected chi connectivity index (χ3v) is 10.7. The molecule has 0 aliphatic rings. The Morgan fingerprint density at radius 2 is 0.750 bits per heavy atom. The lowest BCUT2D eigenvalue weighted by molar-refractivity contribution is 0.632. The fourth-order valence-electron chi connectivity index (χ4n) is 7.83. The maximum absolute atomic E-state index is 6.53. The van der Waals surface area contributed by atoms with E-state index in [-0.39, 0.29) is 0 Å². The highest BCUT2D eigenvalue weighted by Crippen LogP contribution is 2.42. The predicted molar refractivity (Wildman–Crippen MR) is 236 cm³/mol. The van der Waals surface area contributed by atoms with E-state index in [4.69, 9.17) is 4.42 Å². The van der Waals surface area contributed by atoms with Crippen molar-refractivity contribution in [1.29, 1.82) is 0 Å². The fourth-order valence-corrected chi connectivity index (χ4v) is 7.83. The van der Waals surface area contributed by atoms with Gasteiger partial charge in [-0.15, -0.1) is 0 Å². The lowest BCUT2D eigenvalue weighted by Crippen LogP contribution is -2.09. The highest BCUT2D eigenvalue weighted by Gasteiger charge is 2.18. The molecule has 0 saturated carbocycles. The van der Waals surface area contributed by atoms with Crippen LogP contribution in [0.15, 0.2) is 229 Å². The molecule has 264 valence electrons. The number of hydrogen-bond donors (Lipinski definition) is 0. The topological polar surface area (TPSA) is 16.4 Å². The molecule has 56 heavy (non-hydrogen) atoms. The van der Waals surface area contributed by atoms with Gasteiger partial charge in [-0.05, 0) is 98.2 Å². The summed E-state index contributed by atoms with van der Waals surface area (Å²) in [7, 11) is 0. The molecule has 0 fully saturated rings. The Balaban J connectivity index is 0.957. The van der Waals surface area contributed by atoms with Gasteiger partial charge in [0, 0.05) is 33.6 Å². The van der Waals surface area contributed by atoms with Gasteiger partial charge in [0.05, 0.1) is 0 Å². The molecule has 0 N–H and O–H groups in total. The molecule has 9 aromatic carbocycles. The van der Waals surface area contributed by atoms with Crippen LogP contribution in [0.1, 0.15) is 0 Å². The third kappa shape index (κ3) is 6.34. The minimum atomic E-state index is 0.890. The zero-order valence-electron chi connectivity index (χ0n) is 30.7. The average molecular weight is 716 g/mol. The summed E-state index contributed by atoms with van der Waals surface area (Å²) in [6.07, 6.45) is 0. The lowest BCUT2D eigenvalue weighted by atomic mass is 9.95. The lowest BCUT2D eigenvalue weighted by Gasteiger charge is -2.26. The standard InChI is InChI=1S/C54H37NO/c1-3-12-38(13-4-1)41-26-31-48(32-27-41)55(50-35-30-39-14-7-8-17-46(39)37-50)49-33-28-42(29-34-49)40-22-24-43(25-23-40)45-18-11-19-47(36-45)54-53(44-15-5-2-6-16-44)51-20-9-10-21-52(51)56-54/h1-37H. The Labute approximate surface area is 327 Å². The Morgan fingerprint density at radius 1 is 0.286 bits per heavy atom. The Hall–Kier alpha value is -7.42. The van der Waals surface area contributed by atoms with Gasteiger partial charge in [0.25, 0.3) is 0 Å². The van der Waals surface area contributed by atoms with Crippen LogP contribution >= 0.6 is 0 Å². The van der Waals surface area contributed by atoms with Crippen molar-refractivity contribution in [1.82, 2.24) is 0 Å². The van der Waals surface area contributed by atoms with Crippen molar-refractivity contribution in [2.24, 2.45) is 0 Å². The molecule has 0 amide bonds. The van der Waals surface area contributed by atoms with E-state index in [0.29, 0.717) is 0 Å². The van der Waals surface area contributed by atoms with Gasteiger partial charge >= 0.3 is 0 Å². The van der Waals surface area contributed by atoms with Crippen molar-refractivity contribution < 1.29 is 4.42 Å². The van der Waals surface area contributed by atoms with Gasteiger partial charge in [-0.3, -0.25) is 0 Å². The fraction of sp³-hybridized carbons (Fsp3) is 0. The predicted octanol–water partition coefficient (Wildman–Crippen LogP) is 15.4. The number of benzene rings is 9. The molecule has 0 radical (unpaired) electrons. The second-order valence-corrected chi connectivity index (χ2v) is 14.2. The van der Waals surface area contributed by atoms with Crippen LogP contribution in [0, 0.1) is 0 Å². The van der Waals surface area contributed by atoms with Crippen molar-refractivity contribution in [3.8, 4) is 55.8 Å². The quantitative estimate of drug-likeness (QED) is 0.156. The molecule has 10 aromatic rings. The summed E-state index contributed by atoms with van der Waals surface area (Å²) in [6, 6.07) is 79.9. The number of para-hydroxylation sites is 1. The van der Waals surface area contributed by atoms with Gasteiger partial charge in [0.15, 0.2) is 0 Å². The number of fused-ring (bicyclic) bond motifs is 2. The van der Waals surface area contributed by atoms with Gasteiger partial charge in [-0.25, -0.2) is 0 Å². The van der Waals surface area contributed by atoms with Gasteiger partial charge in [-0.2, -0.15) is 0 Å². The van der Waals surface area contributed by atoms with Crippen LogP contribution in [-0.4, -0.2) is 0 Å². The number of anilines is 3. The summed E-state index contributed by atoms with van der Waals surface area (Å²) in [5.74, 6) is 0.890. The molecular formula is C54H37NO. The molecule has 0 aliphatic carbocycles. The van der Waals surface area contributed by atoms with Crippen LogP contribution in [-0.2, 0) is 0 Å². The second-order valence-electron chi connectivity index (χ2n) is 14.2. The summed E-state index contributed by atoms with van der Waals surface area (Å²) < 4.78 is 6.53. The van der Waals surface area contributed by atoms with E-state index in [9.17, 15) is 0 Å². The Bertz CT molecular complexity index is 2930. The SMILES string of the molecule is c1ccc(-c2ccc(N(c3ccc(-c4ccc(-c5cccc(-c6oc7ccccc7c6-c6ccccc6)c5)cc4)cc3)c3ccc4ccccc4c3)cc2)cc1. The molecule has 1 aromatic heterocycles. The molecule has 0 atom stereocenters. The van der Waals surface area contributed by atoms with Crippen LogP contribution < -0.4 is 4.90 Å². The van der Waals surface area contributed by atoms with Gasteiger partial charge < -0.3 is 9.32 Å². The molecule has 2 nitrogen and oxygen atoms in total. The zero-order chi connectivity index (χ0) is 37.3. The molecule has 0 unspecified atom stereocenters. The van der Waals surface area contributed by atoms with Crippen molar-refractivity contribution in [2.45, 2.75) is 0 Å². The summed E-state index contributed by atoms with van der Waals surface area (Å²) in [5, 5.41) is 3.57. The molecule has 10 rings (SSSR count). The average Bonchev–Trinajstić information content (AvgIpc) is 3.68. The maximum atomic E-state index is 6.53. The summed E-state index contributed by atoms with van der Waals surface area (Å²) in [5.41, 5.74) is 14.6. The highest BCUT2D eigenvalue weighted by molar-refractivity contribution is 6.02. The van der Waals surface area contributed by atoms with E-state index in [2.05, 4.69) is 217 Å². The van der Waals surface area contributed by atoms with Crippen LogP contribution in [0.2, 0.25) is 0 Å². The minimum absolute atomic E-state index is 0.890. The van der Waals surface area contributed by atoms with E-state index in [1.54, 1.807) is 0 Å². The first kappa shape index (κ1) is 33.2. The van der Waals surface area contributed by atoms with E-state index < -0.39 is 0 Å². The Kier molecular flexibility index (Phi) is 8.55. The van der Waals surface area contributed by atoms with Crippen molar-refractivity contribution in [3.05, 3.63) is 224 Å². The number of hydrogen-bond acceptors (Lipinski definition) is 2. The number of nitrogens with zero attached hydrogens (tertiary/aromatic N) is 1. The zero-order valence-corrected chi connectivity index (χ0v) is 30.7. The minimum Gasteiger partial charge on any atom is -0.455 e. The van der Waals surface area contributed by atoms with Crippen molar-refractivity contribution >= 4 is 38.8 Å². The number of rotatable bonds is 8. The monoisotopic (exact) mass is 715 g/mol. The van der Waals surface area contributed by atoms with E-state index in [1.807, 2.05) is 12.1 Å². The van der Waals surface area contributed by atoms with Gasteiger partial charge in [0.2, 0.25) is 0 Å². The van der Waals surface area contributed by atoms with Crippen LogP contribution in [0.5, 0.6) is 0 Å². The first-order valence-electron chi connectivity index (χ1n) is 19.1. The highest BCUT2D eigenvalue weighted by atomic mass is 16.3. The van der Waals surface area contributed by atoms with Crippen LogP contribution in [0.25, 0.3) is 77.6 Å². The first-order valence-corrected chi connectivity index (χ1v) is 19.1. The molecule has 1 heterocycles. The maximum Gasteiger partial charge on any atom is 0.143 e. The van der Waals surface area contributed by atoms with E-state index >= 15 is 0 Å². The third-order valence-electron chi connectivity index (χ3n) is 10.7. The van der Waals surface area contributed by atoms with Crippen LogP contribution in [0.4, 0.5) is 17.1 Å². The van der Waals surface area contributed by atoms with Crippen molar-refractivity contribution in [2.75, 3.05) is 4.90 Å². The summed E-state index contributed by atoms with van der Waals surface area (Å²) in [6.45, 7) is 0. The summed E-state index contributed by atoms with van der Waals surface area (Å²) in [4.78, 5) is 2.34. The Morgan fingerprint density at radius 3 is 1.41 bits per heavy atom. The molecule has 0 saturated heterocycles. The van der Waals surface area contributed by atoms with E-state index in [0.717, 1.165) is 61.6 Å². The number of furan rings is 1. The molecular weight excluding hydrogens is 679 g/mol. The first-order chi connectivity index (χ1) is 27.7. The second kappa shape index (κ2) is 14.4. The van der Waals surface area contributed by atoms with E-state index in [1.165, 1.54) is 33.0 Å². The molecule has 2 heteroatoms. The smallest absolute Gasteiger partial charge is 0.143 e. The largest absolute Gasteiger partial charge is 0.455 e. The van der Waals surface area contributed by atoms with Crippen LogP contribution in [0.3, 0.4) is 0 Å². The molecule has 0 spiro atoms. The molecule has 0 bridgehead atoms. The molecule has 0 aliphatic heterocycles.